The first kappa shape index (κ1) is 22.6. The van der Waals surface area contributed by atoms with Crippen LogP contribution in [0.1, 0.15) is 41.3 Å². The smallest absolute Gasteiger partial charge is 0.315 e. The number of carbonyl (C=O) groups excluding carboxylic acids is 2. The molecule has 0 N–H and O–H groups in total. The van der Waals surface area contributed by atoms with Crippen molar-refractivity contribution in [2.24, 2.45) is 10.9 Å². The lowest BCUT2D eigenvalue weighted by Crippen LogP contribution is -2.35. The molecular formula is C26H22ClNO5. The molecular weight excluding hydrogens is 442 g/mol. The average molecular weight is 464 g/mol. The number of benzene rings is 2. The predicted molar refractivity (Wildman–Crippen MR) is 126 cm³/mol. The number of aliphatic imine (C=N–C) groups is 1. The van der Waals surface area contributed by atoms with Crippen LogP contribution in [0.15, 0.2) is 47.0 Å². The van der Waals surface area contributed by atoms with E-state index in [1.54, 1.807) is 38.1 Å². The third-order valence-corrected chi connectivity index (χ3v) is 6.04. The SMILES string of the molecule is C#CCOc1c(Cl)cc(C2C3=C(N=C(C)C2C(=O)OCC)c2ccccc2C3=O)cc1OC. The van der Waals surface area contributed by atoms with Crippen molar-refractivity contribution in [1.29, 1.82) is 0 Å². The Balaban J connectivity index is 1.92. The molecule has 6 nitrogen and oxygen atoms in total. The summed E-state index contributed by atoms with van der Waals surface area (Å²) in [6.45, 7) is 3.73. The van der Waals surface area contributed by atoms with Crippen LogP contribution in [0.5, 0.6) is 11.5 Å². The second-order valence-electron chi connectivity index (χ2n) is 7.62. The number of methoxy groups -OCH3 is 1. The maximum Gasteiger partial charge on any atom is 0.315 e. The minimum Gasteiger partial charge on any atom is -0.493 e. The number of fused-ring (bicyclic) bond motifs is 2. The van der Waals surface area contributed by atoms with Crippen molar-refractivity contribution >= 4 is 34.8 Å². The van der Waals surface area contributed by atoms with Gasteiger partial charge in [0.25, 0.3) is 0 Å². The van der Waals surface area contributed by atoms with Gasteiger partial charge in [-0.3, -0.25) is 14.6 Å². The Bertz CT molecular complexity index is 1250. The lowest BCUT2D eigenvalue weighted by atomic mass is 9.75. The molecule has 2 unspecified atom stereocenters. The van der Waals surface area contributed by atoms with Crippen LogP contribution in [0.4, 0.5) is 0 Å². The number of halogens is 1. The van der Waals surface area contributed by atoms with Crippen LogP contribution in [-0.4, -0.2) is 37.8 Å². The maximum absolute atomic E-state index is 13.5. The van der Waals surface area contributed by atoms with Crippen molar-refractivity contribution < 1.29 is 23.8 Å². The molecule has 33 heavy (non-hydrogen) atoms. The molecule has 0 spiro atoms. The van der Waals surface area contributed by atoms with Crippen molar-refractivity contribution in [3.8, 4) is 23.8 Å². The topological polar surface area (TPSA) is 74.2 Å². The molecule has 7 heteroatoms. The first-order valence-electron chi connectivity index (χ1n) is 10.5. The minimum absolute atomic E-state index is 0.0131. The molecule has 0 saturated heterocycles. The molecule has 2 aliphatic rings. The van der Waals surface area contributed by atoms with Crippen LogP contribution in [0.25, 0.3) is 5.70 Å². The molecule has 2 aromatic rings. The quantitative estimate of drug-likeness (QED) is 0.458. The van der Waals surface area contributed by atoms with E-state index in [1.807, 2.05) is 12.1 Å². The number of carbonyl (C=O) groups is 2. The lowest BCUT2D eigenvalue weighted by Gasteiger charge is -2.31. The number of nitrogens with zero attached hydrogens (tertiary/aromatic N) is 1. The maximum atomic E-state index is 13.5. The number of Topliss-reactive ketones (excluding diaryl/α,β-unsaturated/α-hetero) is 1. The van der Waals surface area contributed by atoms with Crippen LogP contribution >= 0.6 is 11.6 Å². The second kappa shape index (κ2) is 9.13. The van der Waals surface area contributed by atoms with Crippen LogP contribution < -0.4 is 9.47 Å². The molecule has 1 aliphatic heterocycles. The summed E-state index contributed by atoms with van der Waals surface area (Å²) >= 11 is 6.54. The molecule has 1 aliphatic carbocycles. The van der Waals surface area contributed by atoms with Gasteiger partial charge in [0.15, 0.2) is 17.3 Å². The van der Waals surface area contributed by atoms with E-state index in [9.17, 15) is 9.59 Å². The highest BCUT2D eigenvalue weighted by molar-refractivity contribution is 6.32. The van der Waals surface area contributed by atoms with Crippen LogP contribution in [0.3, 0.4) is 0 Å². The molecule has 0 saturated carbocycles. The Labute approximate surface area is 197 Å². The van der Waals surface area contributed by atoms with Gasteiger partial charge in [-0.05, 0) is 31.5 Å². The molecule has 1 heterocycles. The molecule has 2 aromatic carbocycles. The number of hydrogen-bond donors (Lipinski definition) is 0. The minimum atomic E-state index is -0.791. The average Bonchev–Trinajstić information content (AvgIpc) is 3.08. The van der Waals surface area contributed by atoms with Crippen molar-refractivity contribution in [1.82, 2.24) is 0 Å². The van der Waals surface area contributed by atoms with Crippen molar-refractivity contribution in [3.63, 3.8) is 0 Å². The monoisotopic (exact) mass is 463 g/mol. The van der Waals surface area contributed by atoms with Crippen molar-refractivity contribution in [3.05, 3.63) is 63.7 Å². The van der Waals surface area contributed by atoms with Crippen LogP contribution in [-0.2, 0) is 9.53 Å². The molecule has 0 bridgehead atoms. The Kier molecular flexibility index (Phi) is 6.26. The highest BCUT2D eigenvalue weighted by Crippen LogP contribution is 2.50. The van der Waals surface area contributed by atoms with Crippen molar-refractivity contribution in [2.45, 2.75) is 19.8 Å². The van der Waals surface area contributed by atoms with Gasteiger partial charge in [0.2, 0.25) is 0 Å². The van der Waals surface area contributed by atoms with Gasteiger partial charge >= 0.3 is 5.97 Å². The highest BCUT2D eigenvalue weighted by atomic mass is 35.5. The van der Waals surface area contributed by atoms with Gasteiger partial charge in [0, 0.05) is 28.3 Å². The zero-order valence-electron chi connectivity index (χ0n) is 18.5. The van der Waals surface area contributed by atoms with Gasteiger partial charge < -0.3 is 14.2 Å². The number of hydrogen-bond acceptors (Lipinski definition) is 6. The summed E-state index contributed by atoms with van der Waals surface area (Å²) < 4.78 is 16.4. The lowest BCUT2D eigenvalue weighted by molar-refractivity contribution is -0.146. The Morgan fingerprint density at radius 3 is 2.64 bits per heavy atom. The molecule has 168 valence electrons. The van der Waals surface area contributed by atoms with E-state index in [-0.39, 0.29) is 24.0 Å². The summed E-state index contributed by atoms with van der Waals surface area (Å²) in [5.41, 5.74) is 3.49. The summed E-state index contributed by atoms with van der Waals surface area (Å²) in [7, 11) is 1.48. The summed E-state index contributed by atoms with van der Waals surface area (Å²) in [5, 5.41) is 0.257. The number of terminal acetylenes is 1. The fraction of sp³-hybridized carbons (Fsp3) is 0.269. The third kappa shape index (κ3) is 3.79. The van der Waals surface area contributed by atoms with E-state index < -0.39 is 17.8 Å². The fourth-order valence-corrected chi connectivity index (χ4v) is 4.69. The van der Waals surface area contributed by atoms with Gasteiger partial charge in [-0.2, -0.15) is 0 Å². The first-order chi connectivity index (χ1) is 15.9. The number of rotatable bonds is 6. The van der Waals surface area contributed by atoms with E-state index >= 15 is 0 Å². The van der Waals surface area contributed by atoms with Gasteiger partial charge in [-0.15, -0.1) is 6.42 Å². The molecule has 0 radical (unpaired) electrons. The zero-order chi connectivity index (χ0) is 23.7. The fourth-order valence-electron chi connectivity index (χ4n) is 4.42. The van der Waals surface area contributed by atoms with E-state index in [0.717, 1.165) is 5.56 Å². The Hall–Kier alpha value is -3.56. The molecule has 0 amide bonds. The molecule has 0 aromatic heterocycles. The van der Waals surface area contributed by atoms with Gasteiger partial charge in [0.1, 0.15) is 12.5 Å². The van der Waals surface area contributed by atoms with Gasteiger partial charge in [0.05, 0.1) is 24.4 Å². The van der Waals surface area contributed by atoms with E-state index in [4.69, 9.17) is 32.2 Å². The summed E-state index contributed by atoms with van der Waals surface area (Å²) in [5.74, 6) is 0.961. The summed E-state index contributed by atoms with van der Waals surface area (Å²) in [6, 6.07) is 10.7. The number of allylic oxidation sites excluding steroid dienone is 1. The standard InChI is InChI=1S/C26H22ClNO5/c1-5-11-33-25-18(27)12-15(13-19(25)31-4)21-20(26(30)32-6-2)14(3)28-23-16-9-7-8-10-17(16)24(29)22(21)23/h1,7-10,12-13,20-21H,6,11H2,2-4H3. The van der Waals surface area contributed by atoms with Gasteiger partial charge in [-0.25, -0.2) is 0 Å². The van der Waals surface area contributed by atoms with Crippen molar-refractivity contribution in [2.75, 3.05) is 20.3 Å². The van der Waals surface area contributed by atoms with E-state index in [1.165, 1.54) is 7.11 Å². The molecule has 4 rings (SSSR count). The predicted octanol–water partition coefficient (Wildman–Crippen LogP) is 4.71. The number of ether oxygens (including phenoxy) is 3. The van der Waals surface area contributed by atoms with Crippen LogP contribution in [0, 0.1) is 18.3 Å². The normalized spacial score (nSPS) is 18.8. The Morgan fingerprint density at radius 2 is 1.97 bits per heavy atom. The third-order valence-electron chi connectivity index (χ3n) is 5.76. The number of esters is 1. The zero-order valence-corrected chi connectivity index (χ0v) is 19.2. The van der Waals surface area contributed by atoms with E-state index in [0.29, 0.717) is 39.6 Å². The van der Waals surface area contributed by atoms with Crippen LogP contribution in [0.2, 0.25) is 5.02 Å². The summed E-state index contributed by atoms with van der Waals surface area (Å²) in [4.78, 5) is 31.2. The Morgan fingerprint density at radius 1 is 1.24 bits per heavy atom. The second-order valence-corrected chi connectivity index (χ2v) is 8.03. The first-order valence-corrected chi connectivity index (χ1v) is 10.8. The summed E-state index contributed by atoms with van der Waals surface area (Å²) in [6.07, 6.45) is 5.31. The number of ketones is 1. The highest BCUT2D eigenvalue weighted by Gasteiger charge is 2.46. The molecule has 0 fully saturated rings. The molecule has 2 atom stereocenters. The van der Waals surface area contributed by atoms with E-state index in [2.05, 4.69) is 10.9 Å². The largest absolute Gasteiger partial charge is 0.493 e. The van der Waals surface area contributed by atoms with Gasteiger partial charge in [-0.1, -0.05) is 41.8 Å².